The van der Waals surface area contributed by atoms with Gasteiger partial charge in [-0.05, 0) is 43.2 Å². The first-order valence-corrected chi connectivity index (χ1v) is 20.9. The van der Waals surface area contributed by atoms with Gasteiger partial charge in [0, 0.05) is 56.3 Å². The summed E-state index contributed by atoms with van der Waals surface area (Å²) in [5.74, 6) is 0.0746. The first-order valence-electron chi connectivity index (χ1n) is 19.2. The number of alkyl carbamates (subject to hydrolysis) is 1. The summed E-state index contributed by atoms with van der Waals surface area (Å²) >= 11 is 3.02. The Kier molecular flexibility index (Phi) is 19.4. The van der Waals surface area contributed by atoms with Crippen LogP contribution >= 0.6 is 22.7 Å². The fraction of sp³-hybridized carbons (Fsp3) is 0.463. The van der Waals surface area contributed by atoms with Crippen LogP contribution < -0.4 is 16.0 Å². The van der Waals surface area contributed by atoms with Gasteiger partial charge in [-0.15, -0.1) is 22.7 Å². The van der Waals surface area contributed by atoms with E-state index in [0.29, 0.717) is 64.3 Å². The van der Waals surface area contributed by atoms with Gasteiger partial charge in [-0.3, -0.25) is 19.5 Å². The minimum atomic E-state index is -0.761. The van der Waals surface area contributed by atoms with Gasteiger partial charge in [0.1, 0.15) is 12.6 Å². The lowest BCUT2D eigenvalue weighted by Gasteiger charge is -2.30. The van der Waals surface area contributed by atoms with Crippen molar-refractivity contribution in [3.63, 3.8) is 0 Å². The van der Waals surface area contributed by atoms with Gasteiger partial charge < -0.3 is 35.4 Å². The van der Waals surface area contributed by atoms with E-state index in [1.165, 1.54) is 11.3 Å². The highest BCUT2D eigenvalue weighted by atomic mass is 32.1. The molecule has 3 atom stereocenters. The largest absolute Gasteiger partial charge is 0.483 e. The summed E-state index contributed by atoms with van der Waals surface area (Å²) in [6, 6.07) is 18.4. The van der Waals surface area contributed by atoms with E-state index in [2.05, 4.69) is 44.7 Å². The van der Waals surface area contributed by atoms with Crippen LogP contribution in [0.15, 0.2) is 77.8 Å². The topological polar surface area (TPSA) is 175 Å². The summed E-state index contributed by atoms with van der Waals surface area (Å²) in [7, 11) is 1.72. The fourth-order valence-electron chi connectivity index (χ4n) is 6.25. The van der Waals surface area contributed by atoms with Crippen LogP contribution in [0.3, 0.4) is 0 Å². The van der Waals surface area contributed by atoms with E-state index in [1.54, 1.807) is 35.0 Å². The highest BCUT2D eigenvalue weighted by Gasteiger charge is 2.27. The number of nitrogens with zero attached hydrogens (tertiary/aromatic N) is 4. The van der Waals surface area contributed by atoms with Crippen LogP contribution in [0.5, 0.6) is 0 Å². The molecule has 0 radical (unpaired) electrons. The highest BCUT2D eigenvalue weighted by Crippen LogP contribution is 2.20. The van der Waals surface area contributed by atoms with Crippen molar-refractivity contribution in [2.45, 2.75) is 83.1 Å². The van der Waals surface area contributed by atoms with Gasteiger partial charge in [0.25, 0.3) is 6.47 Å². The number of urea groups is 1. The molecule has 0 unspecified atom stereocenters. The fourth-order valence-corrected chi connectivity index (χ4v) is 7.58. The third-order valence-electron chi connectivity index (χ3n) is 9.27. The molecule has 57 heavy (non-hydrogen) atoms. The number of aromatic nitrogens is 2. The van der Waals surface area contributed by atoms with Crippen LogP contribution in [-0.2, 0) is 45.1 Å². The zero-order valence-corrected chi connectivity index (χ0v) is 34.5. The van der Waals surface area contributed by atoms with Crippen molar-refractivity contribution >= 4 is 47.2 Å². The predicted molar refractivity (Wildman–Crippen MR) is 221 cm³/mol. The Bertz CT molecular complexity index is 1760. The summed E-state index contributed by atoms with van der Waals surface area (Å²) < 4.78 is 11.1. The third-order valence-corrected chi connectivity index (χ3v) is 11.2. The summed E-state index contributed by atoms with van der Waals surface area (Å²) in [4.78, 5) is 62.6. The molecule has 0 saturated carbocycles. The van der Waals surface area contributed by atoms with Crippen molar-refractivity contribution in [2.75, 3.05) is 39.9 Å². The van der Waals surface area contributed by atoms with Gasteiger partial charge in [0.2, 0.25) is 5.91 Å². The van der Waals surface area contributed by atoms with Crippen molar-refractivity contribution in [2.24, 2.45) is 0 Å². The number of morpholine rings is 1. The highest BCUT2D eigenvalue weighted by molar-refractivity contribution is 7.09. The molecule has 0 aliphatic carbocycles. The minimum absolute atomic E-state index is 0.150. The second-order valence-corrected chi connectivity index (χ2v) is 15.9. The third kappa shape index (κ3) is 16.6. The molecule has 4 N–H and O–H groups in total. The molecule has 1 aliphatic rings. The molecule has 1 saturated heterocycles. The maximum absolute atomic E-state index is 14.2. The molecule has 3 heterocycles. The van der Waals surface area contributed by atoms with Gasteiger partial charge in [-0.25, -0.2) is 14.6 Å². The number of carbonyl (C=O) groups is 4. The van der Waals surface area contributed by atoms with Crippen molar-refractivity contribution in [1.82, 2.24) is 35.7 Å². The van der Waals surface area contributed by atoms with E-state index >= 15 is 0 Å². The molecule has 1 aliphatic heterocycles. The molecule has 308 valence electrons. The molecule has 5 rings (SSSR count). The summed E-state index contributed by atoms with van der Waals surface area (Å²) in [5, 5.41) is 19.3. The number of hydrogen-bond acceptors (Lipinski definition) is 11. The van der Waals surface area contributed by atoms with Gasteiger partial charge >= 0.3 is 12.1 Å². The smallest absolute Gasteiger partial charge is 0.407 e. The Morgan fingerprint density at radius 2 is 1.54 bits per heavy atom. The van der Waals surface area contributed by atoms with E-state index in [4.69, 9.17) is 19.4 Å². The van der Waals surface area contributed by atoms with Crippen LogP contribution in [0, 0.1) is 0 Å². The summed E-state index contributed by atoms with van der Waals surface area (Å²) in [5.41, 5.74) is 4.70. The van der Waals surface area contributed by atoms with Gasteiger partial charge in [-0.2, -0.15) is 0 Å². The number of rotatable bonds is 19. The minimum Gasteiger partial charge on any atom is -0.483 e. The Morgan fingerprint density at radius 3 is 2.11 bits per heavy atom. The normalized spacial score (nSPS) is 14.3. The van der Waals surface area contributed by atoms with E-state index in [1.807, 2.05) is 66.0 Å². The number of amides is 4. The zero-order valence-electron chi connectivity index (χ0n) is 32.9. The van der Waals surface area contributed by atoms with Gasteiger partial charge in [0.15, 0.2) is 0 Å². The number of thiazole rings is 2. The molecule has 4 aromatic rings. The predicted octanol–water partition coefficient (Wildman–Crippen LogP) is 5.70. The van der Waals surface area contributed by atoms with E-state index in [-0.39, 0.29) is 37.1 Å². The van der Waals surface area contributed by atoms with Crippen LogP contribution in [0.2, 0.25) is 0 Å². The maximum Gasteiger partial charge on any atom is 0.407 e. The molecule has 0 spiro atoms. The number of hydrogen-bond donors (Lipinski definition) is 4. The lowest BCUT2D eigenvalue weighted by molar-refractivity contribution is -0.124. The van der Waals surface area contributed by atoms with Crippen LogP contribution in [0.25, 0.3) is 0 Å². The Labute approximate surface area is 343 Å². The van der Waals surface area contributed by atoms with Crippen molar-refractivity contribution < 1.29 is 33.8 Å². The lowest BCUT2D eigenvalue weighted by Crippen LogP contribution is -2.54. The van der Waals surface area contributed by atoms with Crippen LogP contribution in [0.1, 0.15) is 65.7 Å². The number of ether oxygens (including phenoxy) is 2. The number of carboxylic acid groups (broad SMARTS) is 1. The quantitative estimate of drug-likeness (QED) is 0.0859. The Balaban J connectivity index is 0.00000232. The Morgan fingerprint density at radius 1 is 0.930 bits per heavy atom. The molecular formula is C41H55N7O7S2. The van der Waals surface area contributed by atoms with Gasteiger partial charge in [-0.1, -0.05) is 74.5 Å². The first kappa shape index (κ1) is 44.8. The van der Waals surface area contributed by atoms with E-state index < -0.39 is 12.1 Å². The van der Waals surface area contributed by atoms with Gasteiger partial charge in [0.05, 0.1) is 40.8 Å². The second-order valence-electron chi connectivity index (χ2n) is 14.1. The lowest BCUT2D eigenvalue weighted by atomic mass is 9.95. The number of nitrogens with one attached hydrogen (secondary N) is 3. The van der Waals surface area contributed by atoms with Crippen molar-refractivity contribution in [3.05, 3.63) is 104 Å². The standard InChI is InChI=1S/C40H53N7O5S2.CH2O2/c1-29(2)38-43-34(27-53-38)25-46(3)39(49)45-36(16-17-47-18-20-51-21-19-47)37(48)42-32(22-30-10-6-4-7-11-30)14-15-33(23-31-12-8-5-9-13-31)44-40(50)52-26-35-24-41-28-54-35;2-1-3/h4-13,24,27-29,32-33,36H,14-23,25-26H2,1-3H3,(H,42,48)(H,44,50)(H,45,49);1H,(H,2,3)/t32-,33-,36+;/m1./s1. The average molecular weight is 822 g/mol. The van der Waals surface area contributed by atoms with E-state index in [0.717, 1.165) is 39.8 Å². The van der Waals surface area contributed by atoms with Crippen LogP contribution in [0.4, 0.5) is 9.59 Å². The second kappa shape index (κ2) is 24.7. The van der Waals surface area contributed by atoms with Crippen LogP contribution in [-0.4, -0.2) is 107 Å². The first-order chi connectivity index (χ1) is 27.6. The molecule has 16 heteroatoms. The molecular weight excluding hydrogens is 767 g/mol. The van der Waals surface area contributed by atoms with E-state index in [9.17, 15) is 14.4 Å². The molecule has 2 aromatic carbocycles. The Hall–Kier alpha value is -4.90. The summed E-state index contributed by atoms with van der Waals surface area (Å²) in [6.45, 7) is 7.94. The SMILES string of the molecule is CC(C)c1nc(CN(C)C(=O)N[C@@H](CCN2CCOCC2)C(=O)N[C@H](CC[C@H](Cc2ccccc2)NC(=O)OCc2cncs2)Cc2ccccc2)cs1.O=CO. The molecule has 2 aromatic heterocycles. The van der Waals surface area contributed by atoms with Crippen molar-refractivity contribution in [3.8, 4) is 0 Å². The number of benzene rings is 2. The summed E-state index contributed by atoms with van der Waals surface area (Å²) in [6.07, 6.45) is 4.00. The molecule has 14 nitrogen and oxygen atoms in total. The average Bonchev–Trinajstić information content (AvgIpc) is 3.92. The maximum atomic E-state index is 14.2. The zero-order chi connectivity index (χ0) is 40.8. The van der Waals surface area contributed by atoms with Crippen molar-refractivity contribution in [1.29, 1.82) is 0 Å². The molecule has 1 fully saturated rings. The number of carbonyl (C=O) groups excluding carboxylic acids is 3. The monoisotopic (exact) mass is 821 g/mol. The molecule has 0 bridgehead atoms. The molecule has 4 amide bonds.